The quantitative estimate of drug-likeness (QED) is 0.697. The topological polar surface area (TPSA) is 55.6 Å². The molecule has 14 heavy (non-hydrogen) atoms. The summed E-state index contributed by atoms with van der Waals surface area (Å²) in [5, 5.41) is 0. The minimum absolute atomic E-state index is 0.203. The number of hydrogen-bond donors (Lipinski definition) is 1. The smallest absolute Gasteiger partial charge is 0.217 e. The van der Waals surface area contributed by atoms with Crippen LogP contribution in [0.15, 0.2) is 0 Å². The molecule has 2 N–H and O–H groups in total. The standard InChI is InChI=1S/C10H20N2O2/c1-14-9-4-2-6-12(8-9)7-3-5-10(11)13/h9H,2-8H2,1H3,(H2,11,13). The largest absolute Gasteiger partial charge is 0.380 e. The number of carbonyl (C=O) groups excluding carboxylic acids is 1. The molecule has 1 atom stereocenters. The van der Waals surface area contributed by atoms with Crippen LogP contribution in [0.3, 0.4) is 0 Å². The van der Waals surface area contributed by atoms with Gasteiger partial charge in [-0.1, -0.05) is 0 Å². The van der Waals surface area contributed by atoms with Crippen LogP contribution < -0.4 is 5.73 Å². The Morgan fingerprint density at radius 3 is 3.07 bits per heavy atom. The summed E-state index contributed by atoms with van der Waals surface area (Å²) in [5.74, 6) is -0.203. The van der Waals surface area contributed by atoms with E-state index in [1.807, 2.05) is 0 Å². The van der Waals surface area contributed by atoms with Crippen LogP contribution in [0.25, 0.3) is 0 Å². The van der Waals surface area contributed by atoms with E-state index in [0.717, 1.165) is 32.5 Å². The Morgan fingerprint density at radius 1 is 1.64 bits per heavy atom. The molecular formula is C10H20N2O2. The summed E-state index contributed by atoms with van der Waals surface area (Å²) in [6.45, 7) is 3.08. The maximum absolute atomic E-state index is 10.5. The monoisotopic (exact) mass is 200 g/mol. The van der Waals surface area contributed by atoms with Gasteiger partial charge in [-0.15, -0.1) is 0 Å². The zero-order valence-corrected chi connectivity index (χ0v) is 8.87. The molecule has 0 saturated carbocycles. The Balaban J connectivity index is 2.14. The van der Waals surface area contributed by atoms with Crippen molar-refractivity contribution in [3.8, 4) is 0 Å². The van der Waals surface area contributed by atoms with Crippen LogP contribution in [0.1, 0.15) is 25.7 Å². The van der Waals surface area contributed by atoms with E-state index in [-0.39, 0.29) is 5.91 Å². The van der Waals surface area contributed by atoms with E-state index in [2.05, 4.69) is 4.90 Å². The first kappa shape index (κ1) is 11.5. The fraction of sp³-hybridized carbons (Fsp3) is 0.900. The van der Waals surface area contributed by atoms with Crippen molar-refractivity contribution in [1.29, 1.82) is 0 Å². The maximum Gasteiger partial charge on any atom is 0.217 e. The zero-order valence-electron chi connectivity index (χ0n) is 8.87. The van der Waals surface area contributed by atoms with Crippen molar-refractivity contribution in [2.45, 2.75) is 31.8 Å². The molecule has 0 radical (unpaired) electrons. The van der Waals surface area contributed by atoms with E-state index in [0.29, 0.717) is 12.5 Å². The van der Waals surface area contributed by atoms with Gasteiger partial charge in [0.1, 0.15) is 0 Å². The third-order valence-corrected chi connectivity index (χ3v) is 2.69. The van der Waals surface area contributed by atoms with Crippen molar-refractivity contribution in [2.75, 3.05) is 26.7 Å². The van der Waals surface area contributed by atoms with E-state index in [9.17, 15) is 4.79 Å². The number of hydrogen-bond acceptors (Lipinski definition) is 3. The fourth-order valence-electron chi connectivity index (χ4n) is 1.89. The van der Waals surface area contributed by atoms with Gasteiger partial charge in [-0.2, -0.15) is 0 Å². The lowest BCUT2D eigenvalue weighted by Crippen LogP contribution is -2.39. The van der Waals surface area contributed by atoms with Gasteiger partial charge >= 0.3 is 0 Å². The number of rotatable bonds is 5. The van der Waals surface area contributed by atoms with Gasteiger partial charge in [0.15, 0.2) is 0 Å². The Kier molecular flexibility index (Phi) is 4.90. The van der Waals surface area contributed by atoms with E-state index in [4.69, 9.17) is 10.5 Å². The first-order valence-electron chi connectivity index (χ1n) is 5.26. The lowest BCUT2D eigenvalue weighted by atomic mass is 10.1. The molecule has 1 amide bonds. The number of likely N-dealkylation sites (tertiary alicyclic amines) is 1. The molecule has 1 heterocycles. The maximum atomic E-state index is 10.5. The molecule has 0 aromatic heterocycles. The third-order valence-electron chi connectivity index (χ3n) is 2.69. The Labute approximate surface area is 85.4 Å². The van der Waals surface area contributed by atoms with E-state index in [1.165, 1.54) is 6.42 Å². The molecule has 0 bridgehead atoms. The van der Waals surface area contributed by atoms with E-state index >= 15 is 0 Å². The molecule has 0 aliphatic carbocycles. The highest BCUT2D eigenvalue weighted by molar-refractivity contribution is 5.73. The Hall–Kier alpha value is -0.610. The summed E-state index contributed by atoms with van der Waals surface area (Å²) in [6, 6.07) is 0. The normalized spacial score (nSPS) is 23.6. The van der Waals surface area contributed by atoms with Crippen LogP contribution in [0.2, 0.25) is 0 Å². The number of nitrogens with zero attached hydrogens (tertiary/aromatic N) is 1. The number of piperidine rings is 1. The summed E-state index contributed by atoms with van der Waals surface area (Å²) in [7, 11) is 1.76. The lowest BCUT2D eigenvalue weighted by Gasteiger charge is -2.31. The Morgan fingerprint density at radius 2 is 2.43 bits per heavy atom. The predicted octanol–water partition coefficient (Wildman–Crippen LogP) is 0.363. The molecule has 1 aliphatic rings. The molecule has 0 aromatic carbocycles. The second kappa shape index (κ2) is 5.98. The molecule has 4 heteroatoms. The minimum Gasteiger partial charge on any atom is -0.380 e. The number of methoxy groups -OCH3 is 1. The van der Waals surface area contributed by atoms with Crippen LogP contribution in [0.5, 0.6) is 0 Å². The van der Waals surface area contributed by atoms with Crippen LogP contribution in [0.4, 0.5) is 0 Å². The SMILES string of the molecule is COC1CCCN(CCCC(N)=O)C1. The Bertz CT molecular complexity index is 185. The van der Waals surface area contributed by atoms with Gasteiger partial charge in [0.05, 0.1) is 6.10 Å². The first-order valence-corrected chi connectivity index (χ1v) is 5.26. The van der Waals surface area contributed by atoms with Crippen molar-refractivity contribution < 1.29 is 9.53 Å². The van der Waals surface area contributed by atoms with Gasteiger partial charge in [-0.05, 0) is 32.4 Å². The summed E-state index contributed by atoms with van der Waals surface area (Å²) < 4.78 is 5.32. The third kappa shape index (κ3) is 4.07. The second-order valence-corrected chi connectivity index (χ2v) is 3.87. The van der Waals surface area contributed by atoms with Gasteiger partial charge in [0.2, 0.25) is 5.91 Å². The van der Waals surface area contributed by atoms with Crippen LogP contribution >= 0.6 is 0 Å². The summed E-state index contributed by atoms with van der Waals surface area (Å²) >= 11 is 0. The highest BCUT2D eigenvalue weighted by Crippen LogP contribution is 2.12. The van der Waals surface area contributed by atoms with Gasteiger partial charge in [0, 0.05) is 20.1 Å². The molecule has 0 aromatic rings. The molecular weight excluding hydrogens is 180 g/mol. The molecule has 1 fully saturated rings. The van der Waals surface area contributed by atoms with Crippen molar-refractivity contribution in [3.05, 3.63) is 0 Å². The predicted molar refractivity (Wildman–Crippen MR) is 54.9 cm³/mol. The lowest BCUT2D eigenvalue weighted by molar-refractivity contribution is -0.118. The molecule has 1 saturated heterocycles. The van der Waals surface area contributed by atoms with Crippen molar-refractivity contribution >= 4 is 5.91 Å². The second-order valence-electron chi connectivity index (χ2n) is 3.87. The van der Waals surface area contributed by atoms with E-state index < -0.39 is 0 Å². The molecule has 1 unspecified atom stereocenters. The zero-order chi connectivity index (χ0) is 10.4. The van der Waals surface area contributed by atoms with Crippen molar-refractivity contribution in [1.82, 2.24) is 4.90 Å². The van der Waals surface area contributed by atoms with E-state index in [1.54, 1.807) is 7.11 Å². The van der Waals surface area contributed by atoms with Crippen molar-refractivity contribution in [3.63, 3.8) is 0 Å². The van der Waals surface area contributed by atoms with Gasteiger partial charge in [-0.25, -0.2) is 0 Å². The molecule has 1 aliphatic heterocycles. The highest BCUT2D eigenvalue weighted by Gasteiger charge is 2.18. The van der Waals surface area contributed by atoms with Gasteiger partial charge in [-0.3, -0.25) is 4.79 Å². The van der Waals surface area contributed by atoms with Gasteiger partial charge in [0.25, 0.3) is 0 Å². The average molecular weight is 200 g/mol. The average Bonchev–Trinajstić information content (AvgIpc) is 2.18. The van der Waals surface area contributed by atoms with Gasteiger partial charge < -0.3 is 15.4 Å². The summed E-state index contributed by atoms with van der Waals surface area (Å²) in [5.41, 5.74) is 5.08. The number of carbonyl (C=O) groups is 1. The summed E-state index contributed by atoms with van der Waals surface area (Å²) in [6.07, 6.45) is 4.08. The van der Waals surface area contributed by atoms with Crippen LogP contribution in [0, 0.1) is 0 Å². The number of primary amides is 1. The minimum atomic E-state index is -0.203. The highest BCUT2D eigenvalue weighted by atomic mass is 16.5. The fourth-order valence-corrected chi connectivity index (χ4v) is 1.89. The number of ether oxygens (including phenoxy) is 1. The molecule has 1 rings (SSSR count). The summed E-state index contributed by atoms with van der Waals surface area (Å²) in [4.78, 5) is 12.9. The molecule has 82 valence electrons. The number of nitrogens with two attached hydrogens (primary N) is 1. The number of amides is 1. The van der Waals surface area contributed by atoms with Crippen LogP contribution in [-0.4, -0.2) is 43.7 Å². The molecule has 4 nitrogen and oxygen atoms in total. The van der Waals surface area contributed by atoms with Crippen LogP contribution in [-0.2, 0) is 9.53 Å². The first-order chi connectivity index (χ1) is 6.72. The van der Waals surface area contributed by atoms with Crippen molar-refractivity contribution in [2.24, 2.45) is 5.73 Å². The molecule has 0 spiro atoms.